The van der Waals surface area contributed by atoms with Crippen molar-refractivity contribution < 1.29 is 27.9 Å². The highest BCUT2D eigenvalue weighted by Gasteiger charge is 2.34. The normalized spacial score (nSPS) is 14.2. The Balaban J connectivity index is 2.74. The van der Waals surface area contributed by atoms with Gasteiger partial charge in [-0.05, 0) is 31.0 Å². The minimum Gasteiger partial charge on any atom is -0.480 e. The molecule has 1 rings (SSSR count). The zero-order valence-electron chi connectivity index (χ0n) is 12.3. The predicted molar refractivity (Wildman–Crippen MR) is 74.2 cm³/mol. The van der Waals surface area contributed by atoms with E-state index in [9.17, 15) is 22.8 Å². The smallest absolute Gasteiger partial charge is 0.416 e. The third-order valence-electron chi connectivity index (χ3n) is 3.28. The molecule has 0 radical (unpaired) electrons. The fourth-order valence-electron chi connectivity index (χ4n) is 2.07. The average Bonchev–Trinajstić information content (AvgIpc) is 2.38. The lowest BCUT2D eigenvalue weighted by atomic mass is 9.95. The molecule has 122 valence electrons. The molecule has 0 heterocycles. The molecule has 1 unspecified atom stereocenters. The summed E-state index contributed by atoms with van der Waals surface area (Å²) in [4.78, 5) is 23.1. The van der Waals surface area contributed by atoms with Crippen LogP contribution in [0.2, 0.25) is 0 Å². The minimum absolute atomic E-state index is 0.176. The fourth-order valence-corrected chi connectivity index (χ4v) is 2.07. The Morgan fingerprint density at radius 1 is 1.18 bits per heavy atom. The molecule has 0 saturated carbocycles. The van der Waals surface area contributed by atoms with Crippen molar-refractivity contribution >= 4 is 11.9 Å². The average molecular weight is 317 g/mol. The molecule has 22 heavy (non-hydrogen) atoms. The zero-order chi connectivity index (χ0) is 17.0. The Hall–Kier alpha value is -2.05. The number of rotatable bonds is 6. The number of halogens is 3. The molecule has 0 aliphatic heterocycles. The maximum absolute atomic E-state index is 12.4. The summed E-state index contributed by atoms with van der Waals surface area (Å²) in [7, 11) is 0. The second-order valence-electron chi connectivity index (χ2n) is 5.31. The molecular formula is C15H18F3NO3. The summed E-state index contributed by atoms with van der Waals surface area (Å²) >= 11 is 0. The zero-order valence-corrected chi connectivity index (χ0v) is 12.3. The van der Waals surface area contributed by atoms with Crippen molar-refractivity contribution in [1.29, 1.82) is 0 Å². The van der Waals surface area contributed by atoms with Crippen molar-refractivity contribution in [3.05, 3.63) is 35.4 Å². The van der Waals surface area contributed by atoms with Gasteiger partial charge < -0.3 is 10.4 Å². The van der Waals surface area contributed by atoms with E-state index in [2.05, 4.69) is 5.32 Å². The number of aliphatic carboxylic acids is 1. The van der Waals surface area contributed by atoms with Crippen LogP contribution in [0.15, 0.2) is 24.3 Å². The molecule has 0 saturated heterocycles. The highest BCUT2D eigenvalue weighted by molar-refractivity contribution is 5.87. The Morgan fingerprint density at radius 2 is 1.73 bits per heavy atom. The molecule has 0 aliphatic rings. The van der Waals surface area contributed by atoms with Gasteiger partial charge in [0.2, 0.25) is 5.91 Å². The Morgan fingerprint density at radius 3 is 2.14 bits per heavy atom. The number of carboxylic acid groups (broad SMARTS) is 1. The van der Waals surface area contributed by atoms with E-state index in [0.29, 0.717) is 12.0 Å². The van der Waals surface area contributed by atoms with Crippen LogP contribution in [0.5, 0.6) is 0 Å². The van der Waals surface area contributed by atoms with Crippen LogP contribution in [-0.2, 0) is 22.2 Å². The van der Waals surface area contributed by atoms with Gasteiger partial charge >= 0.3 is 12.1 Å². The molecule has 4 nitrogen and oxygen atoms in total. The first-order chi connectivity index (χ1) is 10.1. The number of carbonyl (C=O) groups is 2. The van der Waals surface area contributed by atoms with E-state index in [1.165, 1.54) is 19.1 Å². The lowest BCUT2D eigenvalue weighted by molar-refractivity contribution is -0.147. The summed E-state index contributed by atoms with van der Waals surface area (Å²) in [5.74, 6) is -1.69. The number of alkyl halides is 3. The molecule has 0 bridgehead atoms. The Labute approximate surface area is 126 Å². The van der Waals surface area contributed by atoms with Crippen LogP contribution in [0.1, 0.15) is 37.8 Å². The van der Waals surface area contributed by atoms with E-state index in [1.807, 2.05) is 0 Å². The standard InChI is InChI=1S/C15H18F3NO3/c1-3-8-14(2,13(21)22)19-12(20)9-10-4-6-11(7-5-10)15(16,17)18/h4-7H,3,8-9H2,1-2H3,(H,19,20)(H,21,22). The van der Waals surface area contributed by atoms with Gasteiger partial charge in [0.05, 0.1) is 12.0 Å². The second kappa shape index (κ2) is 6.81. The van der Waals surface area contributed by atoms with Crippen molar-refractivity contribution in [1.82, 2.24) is 5.32 Å². The predicted octanol–water partition coefficient (Wildman–Crippen LogP) is 3.01. The first-order valence-electron chi connectivity index (χ1n) is 6.79. The minimum atomic E-state index is -4.43. The van der Waals surface area contributed by atoms with Gasteiger partial charge in [0, 0.05) is 0 Å². The van der Waals surface area contributed by atoms with Crippen molar-refractivity contribution in [3.63, 3.8) is 0 Å². The van der Waals surface area contributed by atoms with Gasteiger partial charge in [-0.2, -0.15) is 13.2 Å². The third kappa shape index (κ3) is 4.75. The van der Waals surface area contributed by atoms with Gasteiger partial charge in [-0.25, -0.2) is 4.79 Å². The summed E-state index contributed by atoms with van der Waals surface area (Å²) in [5, 5.41) is 11.6. The van der Waals surface area contributed by atoms with Crippen molar-refractivity contribution in [2.75, 3.05) is 0 Å². The lowest BCUT2D eigenvalue weighted by Gasteiger charge is -2.25. The molecule has 0 aromatic heterocycles. The summed E-state index contributed by atoms with van der Waals surface area (Å²) in [6, 6.07) is 4.21. The molecule has 1 atom stereocenters. The van der Waals surface area contributed by atoms with E-state index < -0.39 is 29.2 Å². The second-order valence-corrected chi connectivity index (χ2v) is 5.31. The van der Waals surface area contributed by atoms with Gasteiger partial charge in [0.25, 0.3) is 0 Å². The van der Waals surface area contributed by atoms with Crippen LogP contribution < -0.4 is 5.32 Å². The van der Waals surface area contributed by atoms with Crippen LogP contribution in [0.3, 0.4) is 0 Å². The molecule has 7 heteroatoms. The van der Waals surface area contributed by atoms with E-state index in [1.54, 1.807) is 6.92 Å². The molecule has 0 aliphatic carbocycles. The number of carbonyl (C=O) groups excluding carboxylic acids is 1. The topological polar surface area (TPSA) is 66.4 Å². The van der Waals surface area contributed by atoms with E-state index in [-0.39, 0.29) is 12.8 Å². The summed E-state index contributed by atoms with van der Waals surface area (Å²) < 4.78 is 37.3. The van der Waals surface area contributed by atoms with Crippen molar-refractivity contribution in [2.24, 2.45) is 0 Å². The van der Waals surface area contributed by atoms with Gasteiger partial charge in [0.1, 0.15) is 5.54 Å². The van der Waals surface area contributed by atoms with E-state index in [0.717, 1.165) is 12.1 Å². The largest absolute Gasteiger partial charge is 0.480 e. The first-order valence-corrected chi connectivity index (χ1v) is 6.79. The summed E-state index contributed by atoms with van der Waals surface area (Å²) in [5.41, 5.74) is -1.79. The van der Waals surface area contributed by atoms with Crippen LogP contribution in [0.25, 0.3) is 0 Å². The van der Waals surface area contributed by atoms with Crippen LogP contribution in [0.4, 0.5) is 13.2 Å². The quantitative estimate of drug-likeness (QED) is 0.847. The Bertz CT molecular complexity index is 540. The van der Waals surface area contributed by atoms with E-state index in [4.69, 9.17) is 5.11 Å². The van der Waals surface area contributed by atoms with Gasteiger partial charge in [-0.3, -0.25) is 4.79 Å². The number of nitrogens with one attached hydrogen (secondary N) is 1. The highest BCUT2D eigenvalue weighted by atomic mass is 19.4. The van der Waals surface area contributed by atoms with Crippen LogP contribution in [-0.4, -0.2) is 22.5 Å². The molecule has 1 amide bonds. The summed E-state index contributed by atoms with van der Waals surface area (Å²) in [6.45, 7) is 3.20. The summed E-state index contributed by atoms with van der Waals surface area (Å²) in [6.07, 6.45) is -3.76. The van der Waals surface area contributed by atoms with Crippen LogP contribution >= 0.6 is 0 Å². The third-order valence-corrected chi connectivity index (χ3v) is 3.28. The number of carboxylic acids is 1. The number of hydrogen-bond acceptors (Lipinski definition) is 2. The van der Waals surface area contributed by atoms with E-state index >= 15 is 0 Å². The van der Waals surface area contributed by atoms with Crippen LogP contribution in [0, 0.1) is 0 Å². The maximum Gasteiger partial charge on any atom is 0.416 e. The van der Waals surface area contributed by atoms with Gasteiger partial charge in [-0.1, -0.05) is 25.5 Å². The number of hydrogen-bond donors (Lipinski definition) is 2. The SMILES string of the molecule is CCCC(C)(NC(=O)Cc1ccc(C(F)(F)F)cc1)C(=O)O. The number of benzene rings is 1. The molecule has 2 N–H and O–H groups in total. The monoisotopic (exact) mass is 317 g/mol. The molecule has 1 aromatic carbocycles. The molecule has 0 spiro atoms. The first kappa shape index (κ1) is 18.0. The maximum atomic E-state index is 12.4. The van der Waals surface area contributed by atoms with Crippen molar-refractivity contribution in [2.45, 2.75) is 44.8 Å². The Kier molecular flexibility index (Phi) is 5.57. The van der Waals surface area contributed by atoms with Crippen molar-refractivity contribution in [3.8, 4) is 0 Å². The fraction of sp³-hybridized carbons (Fsp3) is 0.467. The highest BCUT2D eigenvalue weighted by Crippen LogP contribution is 2.29. The lowest BCUT2D eigenvalue weighted by Crippen LogP contribution is -2.52. The van der Waals surface area contributed by atoms with Gasteiger partial charge in [-0.15, -0.1) is 0 Å². The van der Waals surface area contributed by atoms with Gasteiger partial charge in [0.15, 0.2) is 0 Å². The molecule has 0 fully saturated rings. The molecular weight excluding hydrogens is 299 g/mol. The molecule has 1 aromatic rings. The number of amides is 1.